The fourth-order valence-electron chi connectivity index (χ4n) is 1.63. The number of hydrogen-bond acceptors (Lipinski definition) is 7. The van der Waals surface area contributed by atoms with Crippen LogP contribution in [0.25, 0.3) is 0 Å². The van der Waals surface area contributed by atoms with E-state index in [2.05, 4.69) is 0 Å². The minimum atomic E-state index is -2.50. The van der Waals surface area contributed by atoms with Gasteiger partial charge in [-0.3, -0.25) is 0 Å². The summed E-state index contributed by atoms with van der Waals surface area (Å²) in [6, 6.07) is 0.728. The summed E-state index contributed by atoms with van der Waals surface area (Å²) in [5, 5.41) is 17.9. The van der Waals surface area contributed by atoms with Gasteiger partial charge in [0.25, 0.3) is 0 Å². The number of hydrogen-bond donors (Lipinski definition) is 2. The molecule has 0 amide bonds. The van der Waals surface area contributed by atoms with Crippen molar-refractivity contribution in [3.05, 3.63) is 0 Å². The Morgan fingerprint density at radius 1 is 1.10 bits per heavy atom. The second kappa shape index (κ2) is 11.9. The molecular formula is C11H25NO5S2Si. The third-order valence-corrected chi connectivity index (χ3v) is 7.23. The van der Waals surface area contributed by atoms with E-state index >= 15 is 0 Å². The lowest BCUT2D eigenvalue weighted by molar-refractivity contribution is 0.123. The van der Waals surface area contributed by atoms with E-state index in [4.69, 9.17) is 35.7 Å². The molecule has 120 valence electrons. The van der Waals surface area contributed by atoms with Gasteiger partial charge in [-0.05, 0) is 6.42 Å². The normalized spacial score (nSPS) is 11.7. The molecule has 0 aliphatic carbocycles. The van der Waals surface area contributed by atoms with Crippen LogP contribution >= 0.6 is 24.0 Å². The van der Waals surface area contributed by atoms with Crippen LogP contribution in [0.1, 0.15) is 6.42 Å². The van der Waals surface area contributed by atoms with Crippen molar-refractivity contribution in [2.24, 2.45) is 0 Å². The minimum absolute atomic E-state index is 0.0216. The first-order valence-corrected chi connectivity index (χ1v) is 9.70. The molecule has 0 saturated heterocycles. The molecule has 0 spiro atoms. The van der Waals surface area contributed by atoms with Gasteiger partial charge in [0, 0.05) is 46.2 Å². The Hall–Kier alpha value is 0.257. The van der Waals surface area contributed by atoms with Crippen LogP contribution in [-0.4, -0.2) is 81.6 Å². The van der Waals surface area contributed by atoms with E-state index in [9.17, 15) is 0 Å². The Kier molecular flexibility index (Phi) is 12.0. The smallest absolute Gasteiger partial charge is 0.395 e. The molecule has 0 radical (unpaired) electrons. The molecule has 0 fully saturated rings. The Morgan fingerprint density at radius 2 is 1.60 bits per heavy atom. The van der Waals surface area contributed by atoms with Crippen molar-refractivity contribution >= 4 is 37.1 Å². The number of thioether (sulfide) groups is 1. The lowest BCUT2D eigenvalue weighted by Crippen LogP contribution is -2.42. The Balaban J connectivity index is 4.06. The zero-order valence-electron chi connectivity index (χ0n) is 12.3. The molecular weight excluding hydrogens is 318 g/mol. The van der Waals surface area contributed by atoms with Gasteiger partial charge < -0.3 is 28.4 Å². The van der Waals surface area contributed by atoms with E-state index in [0.29, 0.717) is 17.4 Å². The highest BCUT2D eigenvalue weighted by atomic mass is 32.2. The van der Waals surface area contributed by atoms with Gasteiger partial charge in [-0.1, -0.05) is 24.0 Å². The van der Waals surface area contributed by atoms with Gasteiger partial charge in [-0.2, -0.15) is 0 Å². The maximum absolute atomic E-state index is 8.95. The number of aliphatic hydroxyl groups excluding tert-OH is 2. The number of aliphatic hydroxyl groups is 2. The monoisotopic (exact) mass is 343 g/mol. The standard InChI is InChI=1S/C11H25NO5S2Si/c1-15-20(16-2,17-3)10-4-9-19-11(18)12(5-7-13)6-8-14/h13-14H,4-10H2,1-3H3. The second-order valence-electron chi connectivity index (χ2n) is 3.95. The minimum Gasteiger partial charge on any atom is -0.395 e. The summed E-state index contributed by atoms with van der Waals surface area (Å²) >= 11 is 6.81. The van der Waals surface area contributed by atoms with E-state index in [-0.39, 0.29) is 13.2 Å². The molecule has 9 heteroatoms. The maximum Gasteiger partial charge on any atom is 0.500 e. The van der Waals surface area contributed by atoms with Gasteiger partial charge in [0.05, 0.1) is 13.2 Å². The van der Waals surface area contributed by atoms with Crippen molar-refractivity contribution in [2.45, 2.75) is 12.5 Å². The zero-order valence-corrected chi connectivity index (χ0v) is 15.0. The van der Waals surface area contributed by atoms with Crippen molar-refractivity contribution in [1.82, 2.24) is 4.90 Å². The predicted octanol–water partition coefficient (Wildman–Crippen LogP) is 0.559. The van der Waals surface area contributed by atoms with E-state index in [1.165, 1.54) is 11.8 Å². The van der Waals surface area contributed by atoms with Crippen molar-refractivity contribution in [3.63, 3.8) is 0 Å². The van der Waals surface area contributed by atoms with Gasteiger partial charge in [-0.15, -0.1) is 0 Å². The molecule has 0 aromatic carbocycles. The topological polar surface area (TPSA) is 71.4 Å². The molecule has 0 rings (SSSR count). The van der Waals surface area contributed by atoms with Crippen LogP contribution in [0.3, 0.4) is 0 Å². The predicted molar refractivity (Wildman–Crippen MR) is 87.0 cm³/mol. The van der Waals surface area contributed by atoms with E-state index in [1.54, 1.807) is 26.2 Å². The van der Waals surface area contributed by atoms with Gasteiger partial charge in [0.1, 0.15) is 4.32 Å². The summed E-state index contributed by atoms with van der Waals surface area (Å²) < 4.78 is 16.7. The van der Waals surface area contributed by atoms with Crippen LogP contribution in [0.4, 0.5) is 0 Å². The second-order valence-corrected chi connectivity index (χ2v) is 8.77. The van der Waals surface area contributed by atoms with Crippen LogP contribution in [-0.2, 0) is 13.3 Å². The molecule has 20 heavy (non-hydrogen) atoms. The molecule has 0 saturated carbocycles. The first-order valence-electron chi connectivity index (χ1n) is 6.38. The number of rotatable bonds is 11. The summed E-state index contributed by atoms with van der Waals surface area (Å²) in [4.78, 5) is 1.80. The van der Waals surface area contributed by atoms with E-state index in [0.717, 1.165) is 18.2 Å². The summed E-state index contributed by atoms with van der Waals surface area (Å²) in [6.07, 6.45) is 0.860. The average Bonchev–Trinajstić information content (AvgIpc) is 2.48. The average molecular weight is 344 g/mol. The highest BCUT2D eigenvalue weighted by Gasteiger charge is 2.36. The highest BCUT2D eigenvalue weighted by Crippen LogP contribution is 2.18. The van der Waals surface area contributed by atoms with E-state index in [1.807, 2.05) is 0 Å². The molecule has 0 bridgehead atoms. The lowest BCUT2D eigenvalue weighted by Gasteiger charge is -2.25. The Labute approximate surface area is 131 Å². The van der Waals surface area contributed by atoms with Gasteiger partial charge >= 0.3 is 8.80 Å². The number of thiocarbonyl (C=S) groups is 1. The van der Waals surface area contributed by atoms with Crippen molar-refractivity contribution < 1.29 is 23.5 Å². The van der Waals surface area contributed by atoms with Gasteiger partial charge in [-0.25, -0.2) is 0 Å². The fraction of sp³-hybridized carbons (Fsp3) is 0.909. The van der Waals surface area contributed by atoms with Crippen molar-refractivity contribution in [2.75, 3.05) is 53.4 Å². The zero-order chi connectivity index (χ0) is 15.4. The van der Waals surface area contributed by atoms with Crippen LogP contribution in [0.15, 0.2) is 0 Å². The molecule has 0 aliphatic heterocycles. The molecule has 0 unspecified atom stereocenters. The molecule has 0 aromatic rings. The molecule has 0 atom stereocenters. The summed E-state index contributed by atoms with van der Waals surface area (Å²) in [5.41, 5.74) is 0. The summed E-state index contributed by atoms with van der Waals surface area (Å²) in [5.74, 6) is 0.816. The summed E-state index contributed by atoms with van der Waals surface area (Å²) in [7, 11) is 2.30. The van der Waals surface area contributed by atoms with E-state index < -0.39 is 8.80 Å². The molecule has 0 aromatic heterocycles. The van der Waals surface area contributed by atoms with Gasteiger partial charge in [0.15, 0.2) is 0 Å². The van der Waals surface area contributed by atoms with Crippen molar-refractivity contribution in [1.29, 1.82) is 0 Å². The molecule has 2 N–H and O–H groups in total. The first kappa shape index (κ1) is 20.3. The third kappa shape index (κ3) is 7.32. The van der Waals surface area contributed by atoms with Crippen LogP contribution in [0, 0.1) is 0 Å². The molecule has 6 nitrogen and oxygen atoms in total. The molecule has 0 aliphatic rings. The highest BCUT2D eigenvalue weighted by molar-refractivity contribution is 8.22. The fourth-order valence-corrected chi connectivity index (χ4v) is 4.87. The van der Waals surface area contributed by atoms with Crippen molar-refractivity contribution in [3.8, 4) is 0 Å². The lowest BCUT2D eigenvalue weighted by atomic mass is 10.5. The Morgan fingerprint density at radius 3 is 2.00 bits per heavy atom. The van der Waals surface area contributed by atoms with Gasteiger partial charge in [0.2, 0.25) is 0 Å². The third-order valence-electron chi connectivity index (χ3n) is 2.78. The number of nitrogens with zero attached hydrogens (tertiary/aromatic N) is 1. The molecule has 0 heterocycles. The SMILES string of the molecule is CO[Si](CCCSC(=S)N(CCO)CCO)(OC)OC. The summed E-state index contributed by atoms with van der Waals surface area (Å²) in [6.45, 7) is 0.931. The maximum atomic E-state index is 8.95. The van der Waals surface area contributed by atoms with Crippen LogP contribution in [0.5, 0.6) is 0 Å². The van der Waals surface area contributed by atoms with Crippen LogP contribution in [0.2, 0.25) is 6.04 Å². The first-order chi connectivity index (χ1) is 9.59. The largest absolute Gasteiger partial charge is 0.500 e. The van der Waals surface area contributed by atoms with Crippen LogP contribution < -0.4 is 0 Å². The Bertz CT molecular complexity index is 255. The quantitative estimate of drug-likeness (QED) is 0.320.